The van der Waals surface area contributed by atoms with Crippen LogP contribution in [0.25, 0.3) is 16.7 Å². The number of allylic oxidation sites excluding steroid dienone is 4. The van der Waals surface area contributed by atoms with Gasteiger partial charge < -0.3 is 10.4 Å². The minimum Gasteiger partial charge on any atom is -0.393 e. The van der Waals surface area contributed by atoms with Crippen molar-refractivity contribution in [3.05, 3.63) is 126 Å². The molecule has 0 saturated carbocycles. The number of aldehydes is 1. The first-order valence-electron chi connectivity index (χ1n) is 16.9. The first kappa shape index (κ1) is 39.5. The molecule has 3 heteroatoms. The third-order valence-electron chi connectivity index (χ3n) is 8.38. The minimum atomic E-state index is -0.188. The molecule has 0 fully saturated rings. The minimum absolute atomic E-state index is 0.0311. The second kappa shape index (κ2) is 22.1. The molecule has 45 heavy (non-hydrogen) atoms. The summed E-state index contributed by atoms with van der Waals surface area (Å²) >= 11 is 0. The molecule has 1 aliphatic rings. The van der Waals surface area contributed by atoms with Gasteiger partial charge in [0.15, 0.2) is 6.29 Å². The van der Waals surface area contributed by atoms with Crippen molar-refractivity contribution in [2.24, 2.45) is 0 Å². The Kier molecular flexibility index (Phi) is 19.4. The van der Waals surface area contributed by atoms with Crippen LogP contribution in [-0.4, -0.2) is 30.6 Å². The van der Waals surface area contributed by atoms with E-state index in [1.807, 2.05) is 45.0 Å². The Hall–Kier alpha value is -3.53. The van der Waals surface area contributed by atoms with Gasteiger partial charge in [-0.15, -0.1) is 0 Å². The summed E-state index contributed by atoms with van der Waals surface area (Å²) in [6, 6.07) is 25.6. The van der Waals surface area contributed by atoms with Crippen LogP contribution >= 0.6 is 0 Å². The number of hydrogen-bond acceptors (Lipinski definition) is 3. The van der Waals surface area contributed by atoms with Gasteiger partial charge in [-0.3, -0.25) is 4.79 Å². The van der Waals surface area contributed by atoms with Crippen LogP contribution in [-0.2, 0) is 5.41 Å². The molecule has 4 rings (SSSR count). The fourth-order valence-corrected chi connectivity index (χ4v) is 5.86. The molecule has 1 aliphatic carbocycles. The zero-order valence-corrected chi connectivity index (χ0v) is 29.1. The summed E-state index contributed by atoms with van der Waals surface area (Å²) in [6.07, 6.45) is 13.8. The maximum Gasteiger partial charge on any atom is 0.150 e. The third-order valence-corrected chi connectivity index (χ3v) is 8.38. The van der Waals surface area contributed by atoms with E-state index in [0.717, 1.165) is 42.7 Å². The zero-order valence-electron chi connectivity index (χ0n) is 29.1. The Balaban J connectivity index is 0.000000355. The summed E-state index contributed by atoms with van der Waals surface area (Å²) in [7, 11) is 2.05. The second-order valence-corrected chi connectivity index (χ2v) is 11.4. The number of aliphatic hydroxyl groups excluding tert-OH is 1. The first-order valence-corrected chi connectivity index (χ1v) is 16.9. The van der Waals surface area contributed by atoms with Crippen LogP contribution in [0.5, 0.6) is 0 Å². The fourth-order valence-electron chi connectivity index (χ4n) is 5.86. The summed E-state index contributed by atoms with van der Waals surface area (Å²) in [4.78, 5) is 10.8. The number of fused-ring (bicyclic) bond motifs is 3. The van der Waals surface area contributed by atoms with Gasteiger partial charge in [-0.1, -0.05) is 159 Å². The molecular weight excluding hydrogens is 550 g/mol. The van der Waals surface area contributed by atoms with Gasteiger partial charge in [0, 0.05) is 17.0 Å². The van der Waals surface area contributed by atoms with Crippen molar-refractivity contribution >= 4 is 11.9 Å². The van der Waals surface area contributed by atoms with Crippen molar-refractivity contribution in [2.75, 3.05) is 7.05 Å². The number of aliphatic hydroxyl groups is 1. The summed E-state index contributed by atoms with van der Waals surface area (Å²) in [6.45, 7) is 20.2. The highest BCUT2D eigenvalue weighted by atomic mass is 16.3. The Morgan fingerprint density at radius 3 is 1.80 bits per heavy atom. The molecule has 3 aromatic rings. The van der Waals surface area contributed by atoms with E-state index in [0.29, 0.717) is 5.56 Å². The monoisotopic (exact) mass is 609 g/mol. The van der Waals surface area contributed by atoms with E-state index in [2.05, 4.69) is 94.8 Å². The van der Waals surface area contributed by atoms with Gasteiger partial charge >= 0.3 is 0 Å². The lowest BCUT2D eigenvalue weighted by Gasteiger charge is -2.28. The molecule has 0 aliphatic heterocycles. The van der Waals surface area contributed by atoms with Crippen molar-refractivity contribution < 1.29 is 9.90 Å². The maximum atomic E-state index is 10.8. The number of hydrogen-bond donors (Lipinski definition) is 2. The maximum absolute atomic E-state index is 10.8. The van der Waals surface area contributed by atoms with E-state index < -0.39 is 0 Å². The van der Waals surface area contributed by atoms with Crippen LogP contribution in [0, 0.1) is 0 Å². The lowest BCUT2D eigenvalue weighted by atomic mass is 9.76. The van der Waals surface area contributed by atoms with Crippen LogP contribution in [0.3, 0.4) is 0 Å². The van der Waals surface area contributed by atoms with Crippen LogP contribution in [0.15, 0.2) is 104 Å². The van der Waals surface area contributed by atoms with E-state index in [1.54, 1.807) is 18.2 Å². The number of rotatable bonds is 13. The Bertz CT molecular complexity index is 1270. The molecule has 1 unspecified atom stereocenters. The van der Waals surface area contributed by atoms with Crippen molar-refractivity contribution in [1.82, 2.24) is 5.32 Å². The van der Waals surface area contributed by atoms with Gasteiger partial charge in [0.1, 0.15) is 0 Å². The van der Waals surface area contributed by atoms with Gasteiger partial charge in [-0.05, 0) is 72.5 Å². The van der Waals surface area contributed by atoms with Gasteiger partial charge in [0.2, 0.25) is 0 Å². The summed E-state index contributed by atoms with van der Waals surface area (Å²) < 4.78 is 0. The zero-order chi connectivity index (χ0) is 33.7. The molecule has 0 heterocycles. The van der Waals surface area contributed by atoms with E-state index >= 15 is 0 Å². The smallest absolute Gasteiger partial charge is 0.150 e. The van der Waals surface area contributed by atoms with Crippen molar-refractivity contribution in [3.8, 4) is 11.1 Å². The topological polar surface area (TPSA) is 49.3 Å². The van der Waals surface area contributed by atoms with Gasteiger partial charge in [0.25, 0.3) is 0 Å². The molecule has 244 valence electrons. The molecule has 2 N–H and O–H groups in total. The molecule has 0 bridgehead atoms. The molecule has 1 atom stereocenters. The largest absolute Gasteiger partial charge is 0.393 e. The first-order chi connectivity index (χ1) is 21.8. The number of carbonyl (C=O) groups is 1. The molecule has 0 spiro atoms. The standard InChI is InChI=1S/C19H22O.C13H12O.C8H19N.C2H6/c1-3-14(20)12-13-19(2)17-10-6-4-8-15(17)16-9-5-7-11-18(16)19;1-3-7-11(4-2)13-9-6-5-8-12(13)10-14;1-4-6-8(9-3)7-5-2;1-2/h4-11,14,20H,3,12-13H2,1-2H3;3-10H,1-2H2;8-9H,4-7H2,1-3H3;1-2H3/b;11-7+;;. The van der Waals surface area contributed by atoms with Crippen molar-refractivity contribution in [2.45, 2.75) is 104 Å². The van der Waals surface area contributed by atoms with E-state index in [-0.39, 0.29) is 11.5 Å². The SMILES string of the molecule is C=C/C=C(\C=C)c1ccccc1C=O.CC.CCC(O)CCC1(C)c2ccccc2-c2ccccc21.CCCC(CCC)NC. The molecule has 3 aromatic carbocycles. The molecule has 0 radical (unpaired) electrons. The lowest BCUT2D eigenvalue weighted by molar-refractivity contribution is 0.112. The number of nitrogens with one attached hydrogen (secondary N) is 1. The Morgan fingerprint density at radius 2 is 1.36 bits per heavy atom. The molecule has 0 aromatic heterocycles. The highest BCUT2D eigenvalue weighted by Gasteiger charge is 2.38. The predicted octanol–water partition coefficient (Wildman–Crippen LogP) is 11.0. The quantitative estimate of drug-likeness (QED) is 0.150. The normalized spacial score (nSPS) is 13.0. The van der Waals surface area contributed by atoms with Gasteiger partial charge in [-0.2, -0.15) is 0 Å². The molecule has 3 nitrogen and oxygen atoms in total. The van der Waals surface area contributed by atoms with E-state index in [9.17, 15) is 9.90 Å². The molecular formula is C42H59NO2. The third kappa shape index (κ3) is 11.4. The van der Waals surface area contributed by atoms with Crippen molar-refractivity contribution in [3.63, 3.8) is 0 Å². The van der Waals surface area contributed by atoms with Crippen LogP contribution < -0.4 is 5.32 Å². The van der Waals surface area contributed by atoms with Gasteiger partial charge in [0.05, 0.1) is 6.10 Å². The molecule has 0 amide bonds. The average molecular weight is 610 g/mol. The van der Waals surface area contributed by atoms with Crippen LogP contribution in [0.4, 0.5) is 0 Å². The second-order valence-electron chi connectivity index (χ2n) is 11.4. The lowest BCUT2D eigenvalue weighted by Crippen LogP contribution is -2.24. The summed E-state index contributed by atoms with van der Waals surface area (Å²) in [5, 5.41) is 13.2. The number of benzene rings is 3. The highest BCUT2D eigenvalue weighted by molar-refractivity contribution is 5.88. The Labute approximate surface area is 275 Å². The van der Waals surface area contributed by atoms with Gasteiger partial charge in [-0.25, -0.2) is 0 Å². The Morgan fingerprint density at radius 1 is 0.844 bits per heavy atom. The fraction of sp³-hybridized carbons (Fsp3) is 0.405. The van der Waals surface area contributed by atoms with E-state index in [4.69, 9.17) is 0 Å². The summed E-state index contributed by atoms with van der Waals surface area (Å²) in [5.74, 6) is 0. The van der Waals surface area contributed by atoms with Crippen molar-refractivity contribution in [1.29, 1.82) is 0 Å². The highest BCUT2D eigenvalue weighted by Crippen LogP contribution is 2.51. The van der Waals surface area contributed by atoms with Crippen LogP contribution in [0.2, 0.25) is 0 Å². The molecule has 0 saturated heterocycles. The summed E-state index contributed by atoms with van der Waals surface area (Å²) in [5.41, 5.74) is 8.02. The van der Waals surface area contributed by atoms with Crippen LogP contribution in [0.1, 0.15) is 114 Å². The average Bonchev–Trinajstić information content (AvgIpc) is 3.35. The predicted molar refractivity (Wildman–Crippen MR) is 198 cm³/mol. The number of carbonyl (C=O) groups excluding carboxylic acids is 1. The van der Waals surface area contributed by atoms with E-state index in [1.165, 1.54) is 47.9 Å².